The van der Waals surface area contributed by atoms with Crippen molar-refractivity contribution in [2.75, 3.05) is 14.2 Å². The summed E-state index contributed by atoms with van der Waals surface area (Å²) >= 11 is 13.1. The van der Waals surface area contributed by atoms with E-state index in [1.807, 2.05) is 6.07 Å². The van der Waals surface area contributed by atoms with Gasteiger partial charge in [-0.1, -0.05) is 23.2 Å². The molecule has 0 aromatic heterocycles. The first-order chi connectivity index (χ1) is 12.5. The number of nitrogens with one attached hydrogen (secondary N) is 1. The molecule has 5 nitrogen and oxygen atoms in total. The van der Waals surface area contributed by atoms with Crippen molar-refractivity contribution in [2.45, 2.75) is 0 Å². The number of amidine groups is 1. The first-order valence-electron chi connectivity index (χ1n) is 7.47. The second-order valence-electron chi connectivity index (χ2n) is 5.19. The highest BCUT2D eigenvalue weighted by Gasteiger charge is 2.24. The van der Waals surface area contributed by atoms with Crippen molar-refractivity contribution >= 4 is 57.8 Å². The van der Waals surface area contributed by atoms with E-state index in [2.05, 4.69) is 10.3 Å². The molecule has 134 valence electrons. The van der Waals surface area contributed by atoms with Crippen LogP contribution in [0.2, 0.25) is 10.0 Å². The topological polar surface area (TPSA) is 59.9 Å². The molecule has 2 aromatic rings. The fraction of sp³-hybridized carbons (Fsp3) is 0.111. The normalized spacial score (nSPS) is 16.8. The third-order valence-electron chi connectivity index (χ3n) is 3.51. The molecule has 0 bridgehead atoms. The molecule has 0 unspecified atom stereocenters. The number of thioether (sulfide) groups is 1. The molecular formula is C18H14Cl2N2O3S. The van der Waals surface area contributed by atoms with Crippen molar-refractivity contribution in [3.8, 4) is 11.5 Å². The second-order valence-corrected chi connectivity index (χ2v) is 7.03. The zero-order chi connectivity index (χ0) is 18.7. The molecule has 1 fully saturated rings. The summed E-state index contributed by atoms with van der Waals surface area (Å²) in [7, 11) is 3.15. The SMILES string of the molecule is COc1ccc(/C=C2\SC(=Nc3ccc(Cl)c(Cl)c3)NC2=O)c(OC)c1. The van der Waals surface area contributed by atoms with Crippen LogP contribution in [0, 0.1) is 0 Å². The second kappa shape index (κ2) is 8.03. The molecule has 1 aliphatic rings. The molecular weight excluding hydrogens is 395 g/mol. The summed E-state index contributed by atoms with van der Waals surface area (Å²) in [5.41, 5.74) is 1.37. The van der Waals surface area contributed by atoms with Crippen LogP contribution in [0.15, 0.2) is 46.3 Å². The number of methoxy groups -OCH3 is 2. The molecule has 1 N–H and O–H groups in total. The molecule has 0 atom stereocenters. The van der Waals surface area contributed by atoms with Crippen LogP contribution in [0.3, 0.4) is 0 Å². The van der Waals surface area contributed by atoms with Gasteiger partial charge < -0.3 is 14.8 Å². The predicted octanol–water partition coefficient (Wildman–Crippen LogP) is 4.90. The van der Waals surface area contributed by atoms with Crippen molar-refractivity contribution in [1.82, 2.24) is 5.32 Å². The van der Waals surface area contributed by atoms with Gasteiger partial charge in [0.25, 0.3) is 5.91 Å². The van der Waals surface area contributed by atoms with E-state index in [4.69, 9.17) is 32.7 Å². The number of ether oxygens (including phenoxy) is 2. The van der Waals surface area contributed by atoms with Gasteiger partial charge in [-0.05, 0) is 48.2 Å². The molecule has 0 saturated carbocycles. The van der Waals surface area contributed by atoms with Crippen LogP contribution in [0.25, 0.3) is 6.08 Å². The van der Waals surface area contributed by atoms with Crippen molar-refractivity contribution in [3.05, 3.63) is 56.9 Å². The Morgan fingerprint density at radius 1 is 1.08 bits per heavy atom. The minimum Gasteiger partial charge on any atom is -0.497 e. The fourth-order valence-electron chi connectivity index (χ4n) is 2.23. The monoisotopic (exact) mass is 408 g/mol. The molecule has 0 radical (unpaired) electrons. The number of amides is 1. The van der Waals surface area contributed by atoms with Gasteiger partial charge in [0, 0.05) is 11.6 Å². The summed E-state index contributed by atoms with van der Waals surface area (Å²) in [6.07, 6.45) is 1.75. The maximum absolute atomic E-state index is 12.2. The van der Waals surface area contributed by atoms with E-state index in [1.54, 1.807) is 50.6 Å². The summed E-state index contributed by atoms with van der Waals surface area (Å²) in [4.78, 5) is 17.1. The third-order valence-corrected chi connectivity index (χ3v) is 5.16. The minimum absolute atomic E-state index is 0.230. The zero-order valence-corrected chi connectivity index (χ0v) is 16.2. The first-order valence-corrected chi connectivity index (χ1v) is 9.04. The Morgan fingerprint density at radius 2 is 1.88 bits per heavy atom. The van der Waals surface area contributed by atoms with Crippen LogP contribution in [0.5, 0.6) is 11.5 Å². The molecule has 1 amide bonds. The number of hydrogen-bond donors (Lipinski definition) is 1. The van der Waals surface area contributed by atoms with Gasteiger partial charge in [-0.25, -0.2) is 4.99 Å². The van der Waals surface area contributed by atoms with Crippen molar-refractivity contribution in [2.24, 2.45) is 4.99 Å². The van der Waals surface area contributed by atoms with Gasteiger partial charge in [0.15, 0.2) is 5.17 Å². The number of nitrogens with zero attached hydrogens (tertiary/aromatic N) is 1. The lowest BCUT2D eigenvalue weighted by molar-refractivity contribution is -0.115. The van der Waals surface area contributed by atoms with Crippen molar-refractivity contribution in [1.29, 1.82) is 0 Å². The Balaban J connectivity index is 1.86. The molecule has 0 aliphatic carbocycles. The van der Waals surface area contributed by atoms with Gasteiger partial charge in [-0.15, -0.1) is 0 Å². The molecule has 1 saturated heterocycles. The largest absolute Gasteiger partial charge is 0.497 e. The molecule has 1 aliphatic heterocycles. The summed E-state index contributed by atoms with van der Waals surface area (Å²) in [5, 5.41) is 4.05. The van der Waals surface area contributed by atoms with Gasteiger partial charge in [-0.3, -0.25) is 4.79 Å². The van der Waals surface area contributed by atoms with E-state index in [1.165, 1.54) is 11.8 Å². The number of benzene rings is 2. The van der Waals surface area contributed by atoms with Crippen molar-refractivity contribution < 1.29 is 14.3 Å². The van der Waals surface area contributed by atoms with Gasteiger partial charge in [0.2, 0.25) is 0 Å². The standard InChI is InChI=1S/C18H14Cl2N2O3S/c1-24-12-5-3-10(15(9-12)25-2)7-16-17(23)22-18(26-16)21-11-4-6-13(19)14(20)8-11/h3-9H,1-2H3,(H,21,22,23)/b16-7-. The molecule has 1 heterocycles. The van der Waals surface area contributed by atoms with E-state index < -0.39 is 0 Å². The highest BCUT2D eigenvalue weighted by Crippen LogP contribution is 2.33. The molecule has 0 spiro atoms. The summed E-state index contributed by atoms with van der Waals surface area (Å²) < 4.78 is 10.5. The van der Waals surface area contributed by atoms with Gasteiger partial charge in [0.1, 0.15) is 11.5 Å². The Bertz CT molecular complexity index is 929. The average molecular weight is 409 g/mol. The van der Waals surface area contributed by atoms with Gasteiger partial charge >= 0.3 is 0 Å². The maximum atomic E-state index is 12.2. The average Bonchev–Trinajstić information content (AvgIpc) is 2.97. The lowest BCUT2D eigenvalue weighted by Crippen LogP contribution is -2.19. The smallest absolute Gasteiger partial charge is 0.264 e. The fourth-order valence-corrected chi connectivity index (χ4v) is 3.36. The zero-order valence-electron chi connectivity index (χ0n) is 13.9. The predicted molar refractivity (Wildman–Crippen MR) is 107 cm³/mol. The van der Waals surface area contributed by atoms with E-state index in [9.17, 15) is 4.79 Å². The molecule has 2 aromatic carbocycles. The van der Waals surface area contributed by atoms with Crippen LogP contribution in [-0.2, 0) is 4.79 Å². The lowest BCUT2D eigenvalue weighted by atomic mass is 10.1. The lowest BCUT2D eigenvalue weighted by Gasteiger charge is -2.07. The highest BCUT2D eigenvalue weighted by atomic mass is 35.5. The number of hydrogen-bond acceptors (Lipinski definition) is 5. The Hall–Kier alpha value is -2.15. The van der Waals surface area contributed by atoms with Crippen LogP contribution in [0.4, 0.5) is 5.69 Å². The first kappa shape index (κ1) is 18.6. The maximum Gasteiger partial charge on any atom is 0.264 e. The number of aliphatic imine (C=N–C) groups is 1. The highest BCUT2D eigenvalue weighted by molar-refractivity contribution is 8.18. The van der Waals surface area contributed by atoms with E-state index in [-0.39, 0.29) is 5.91 Å². The molecule has 3 rings (SSSR count). The van der Waals surface area contributed by atoms with Crippen LogP contribution in [0.1, 0.15) is 5.56 Å². The Labute approximate surface area is 165 Å². The minimum atomic E-state index is -0.230. The summed E-state index contributed by atoms with van der Waals surface area (Å²) in [5.74, 6) is 1.06. The van der Waals surface area contributed by atoms with Crippen LogP contribution >= 0.6 is 35.0 Å². The summed E-state index contributed by atoms with van der Waals surface area (Å²) in [6, 6.07) is 10.4. The summed E-state index contributed by atoms with van der Waals surface area (Å²) in [6.45, 7) is 0. The number of halogens is 2. The Morgan fingerprint density at radius 3 is 2.58 bits per heavy atom. The van der Waals surface area contributed by atoms with Gasteiger partial charge in [0.05, 0.1) is 34.9 Å². The van der Waals surface area contributed by atoms with E-state index in [0.717, 1.165) is 5.56 Å². The van der Waals surface area contributed by atoms with E-state index in [0.29, 0.717) is 37.3 Å². The number of rotatable bonds is 4. The third kappa shape index (κ3) is 4.15. The van der Waals surface area contributed by atoms with E-state index >= 15 is 0 Å². The van der Waals surface area contributed by atoms with Gasteiger partial charge in [-0.2, -0.15) is 0 Å². The molecule has 8 heteroatoms. The van der Waals surface area contributed by atoms with Crippen LogP contribution < -0.4 is 14.8 Å². The molecule has 26 heavy (non-hydrogen) atoms. The quantitative estimate of drug-likeness (QED) is 0.730. The van der Waals surface area contributed by atoms with Crippen LogP contribution in [-0.4, -0.2) is 25.3 Å². The van der Waals surface area contributed by atoms with Crippen molar-refractivity contribution in [3.63, 3.8) is 0 Å². The number of carbonyl (C=O) groups is 1. The Kier molecular flexibility index (Phi) is 5.76. The number of carbonyl (C=O) groups excluding carboxylic acids is 1.